The average molecular weight is 438 g/mol. The van der Waals surface area contributed by atoms with Gasteiger partial charge >= 0.3 is 6.18 Å². The van der Waals surface area contributed by atoms with Gasteiger partial charge in [0.1, 0.15) is 5.82 Å². The second-order valence-corrected chi connectivity index (χ2v) is 7.80. The van der Waals surface area contributed by atoms with Crippen molar-refractivity contribution in [2.24, 2.45) is 0 Å². The van der Waals surface area contributed by atoms with E-state index in [9.17, 15) is 13.2 Å². The summed E-state index contributed by atoms with van der Waals surface area (Å²) in [6.45, 7) is 0.554. The summed E-state index contributed by atoms with van der Waals surface area (Å²) < 4.78 is 58.3. The fourth-order valence-electron chi connectivity index (χ4n) is 3.81. The molecule has 32 heavy (non-hydrogen) atoms. The molecular formula is C27H22F4O. The van der Waals surface area contributed by atoms with E-state index >= 15 is 4.39 Å². The van der Waals surface area contributed by atoms with Crippen LogP contribution in [0.3, 0.4) is 0 Å². The summed E-state index contributed by atoms with van der Waals surface area (Å²) >= 11 is 0. The first-order chi connectivity index (χ1) is 15.3. The first-order valence-electron chi connectivity index (χ1n) is 10.3. The van der Waals surface area contributed by atoms with Crippen LogP contribution in [0.25, 0.3) is 21.9 Å². The molecule has 0 fully saturated rings. The van der Waals surface area contributed by atoms with Crippen LogP contribution in [0.2, 0.25) is 0 Å². The minimum absolute atomic E-state index is 0.281. The third-order valence-electron chi connectivity index (χ3n) is 5.60. The normalized spacial score (nSPS) is 11.8. The SMILES string of the molecule is COCc1ccc(-c2ccc3c(F)c(CCc4ccc(C(F)(F)F)cc4)ccc3c2)cc1. The number of benzene rings is 4. The van der Waals surface area contributed by atoms with E-state index in [1.54, 1.807) is 19.2 Å². The van der Waals surface area contributed by atoms with Crippen LogP contribution in [0, 0.1) is 5.82 Å². The smallest absolute Gasteiger partial charge is 0.380 e. The van der Waals surface area contributed by atoms with Crippen LogP contribution in [0.1, 0.15) is 22.3 Å². The van der Waals surface area contributed by atoms with Crippen molar-refractivity contribution in [3.8, 4) is 11.1 Å². The largest absolute Gasteiger partial charge is 0.416 e. The van der Waals surface area contributed by atoms with E-state index < -0.39 is 11.7 Å². The number of alkyl halides is 3. The Labute approximate surface area is 184 Å². The zero-order valence-electron chi connectivity index (χ0n) is 17.5. The van der Waals surface area contributed by atoms with Crippen LogP contribution in [0.4, 0.5) is 17.6 Å². The van der Waals surface area contributed by atoms with Crippen LogP contribution in [0.15, 0.2) is 78.9 Å². The van der Waals surface area contributed by atoms with Gasteiger partial charge in [0.15, 0.2) is 0 Å². The second-order valence-electron chi connectivity index (χ2n) is 7.80. The highest BCUT2D eigenvalue weighted by molar-refractivity contribution is 5.88. The molecule has 0 saturated heterocycles. The van der Waals surface area contributed by atoms with Gasteiger partial charge in [0.05, 0.1) is 12.2 Å². The van der Waals surface area contributed by atoms with E-state index in [2.05, 4.69) is 0 Å². The number of hydrogen-bond donors (Lipinski definition) is 0. The Morgan fingerprint density at radius 3 is 2.03 bits per heavy atom. The van der Waals surface area contributed by atoms with Gasteiger partial charge in [-0.15, -0.1) is 0 Å². The Morgan fingerprint density at radius 2 is 1.38 bits per heavy atom. The van der Waals surface area contributed by atoms with E-state index in [4.69, 9.17) is 4.74 Å². The zero-order chi connectivity index (χ0) is 22.7. The summed E-state index contributed by atoms with van der Waals surface area (Å²) in [4.78, 5) is 0. The van der Waals surface area contributed by atoms with Crippen LogP contribution < -0.4 is 0 Å². The van der Waals surface area contributed by atoms with Gasteiger partial charge in [-0.3, -0.25) is 0 Å². The summed E-state index contributed by atoms with van der Waals surface area (Å²) in [5, 5.41) is 1.34. The number of aryl methyl sites for hydroxylation is 2. The third-order valence-corrected chi connectivity index (χ3v) is 5.60. The van der Waals surface area contributed by atoms with Crippen molar-refractivity contribution >= 4 is 10.8 Å². The molecule has 164 valence electrons. The molecule has 4 aromatic rings. The molecule has 0 aliphatic heterocycles. The second kappa shape index (κ2) is 9.13. The van der Waals surface area contributed by atoms with Crippen molar-refractivity contribution in [1.82, 2.24) is 0 Å². The Hall–Kier alpha value is -3.18. The molecule has 5 heteroatoms. The van der Waals surface area contributed by atoms with Gasteiger partial charge in [0.2, 0.25) is 0 Å². The fourth-order valence-corrected chi connectivity index (χ4v) is 3.81. The van der Waals surface area contributed by atoms with Crippen molar-refractivity contribution < 1.29 is 22.3 Å². The Balaban J connectivity index is 1.52. The maximum absolute atomic E-state index is 15.1. The van der Waals surface area contributed by atoms with Gasteiger partial charge < -0.3 is 4.74 Å². The molecule has 0 heterocycles. The van der Waals surface area contributed by atoms with Gasteiger partial charge in [0, 0.05) is 12.5 Å². The number of rotatable bonds is 6. The standard InChI is InChI=1S/C27H22F4O/c1-32-17-19-3-7-20(8-4-19)22-12-15-25-23(16-22)11-10-21(26(25)28)9-2-18-5-13-24(14-6-18)27(29,30)31/h3-8,10-16H,2,9,17H2,1H3. The monoisotopic (exact) mass is 438 g/mol. The van der Waals surface area contributed by atoms with Gasteiger partial charge in [-0.05, 0) is 64.2 Å². The summed E-state index contributed by atoms with van der Waals surface area (Å²) in [7, 11) is 1.66. The lowest BCUT2D eigenvalue weighted by molar-refractivity contribution is -0.137. The van der Waals surface area contributed by atoms with Gasteiger partial charge in [-0.25, -0.2) is 4.39 Å². The molecule has 4 aromatic carbocycles. The summed E-state index contributed by atoms with van der Waals surface area (Å²) in [5.74, 6) is -0.281. The lowest BCUT2D eigenvalue weighted by atomic mass is 9.96. The van der Waals surface area contributed by atoms with E-state index in [1.807, 2.05) is 42.5 Å². The molecule has 0 aliphatic rings. The Bertz CT molecular complexity index is 1210. The third kappa shape index (κ3) is 4.83. The van der Waals surface area contributed by atoms with E-state index in [1.165, 1.54) is 12.1 Å². The Morgan fingerprint density at radius 1 is 0.719 bits per heavy atom. The highest BCUT2D eigenvalue weighted by atomic mass is 19.4. The molecule has 0 saturated carbocycles. The van der Waals surface area contributed by atoms with Gasteiger partial charge in [-0.1, -0.05) is 60.7 Å². The van der Waals surface area contributed by atoms with Gasteiger partial charge in [-0.2, -0.15) is 13.2 Å². The van der Waals surface area contributed by atoms with Crippen molar-refractivity contribution in [1.29, 1.82) is 0 Å². The first kappa shape index (κ1) is 22.0. The molecule has 0 spiro atoms. The average Bonchev–Trinajstić information content (AvgIpc) is 2.79. The highest BCUT2D eigenvalue weighted by Crippen LogP contribution is 2.30. The van der Waals surface area contributed by atoms with Crippen molar-refractivity contribution in [2.45, 2.75) is 25.6 Å². The van der Waals surface area contributed by atoms with Crippen LogP contribution in [-0.2, 0) is 30.4 Å². The molecule has 0 radical (unpaired) electrons. The van der Waals surface area contributed by atoms with E-state index in [0.29, 0.717) is 30.4 Å². The van der Waals surface area contributed by atoms with Crippen LogP contribution in [0.5, 0.6) is 0 Å². The minimum Gasteiger partial charge on any atom is -0.380 e. The summed E-state index contributed by atoms with van der Waals surface area (Å²) in [5.41, 5.74) is 3.73. The number of halogens is 4. The molecule has 4 rings (SSSR count). The zero-order valence-corrected chi connectivity index (χ0v) is 17.5. The molecule has 0 N–H and O–H groups in total. The van der Waals surface area contributed by atoms with Gasteiger partial charge in [0.25, 0.3) is 0 Å². The molecule has 0 bridgehead atoms. The summed E-state index contributed by atoms with van der Waals surface area (Å²) in [6, 6.07) is 22.4. The molecule has 1 nitrogen and oxygen atoms in total. The molecule has 0 amide bonds. The Kier molecular flexibility index (Phi) is 6.28. The number of methoxy groups -OCH3 is 1. The van der Waals surface area contributed by atoms with Crippen LogP contribution >= 0.6 is 0 Å². The number of fused-ring (bicyclic) bond motifs is 1. The lowest BCUT2D eigenvalue weighted by Gasteiger charge is -2.10. The first-order valence-corrected chi connectivity index (χ1v) is 10.3. The molecule has 0 unspecified atom stereocenters. The van der Waals surface area contributed by atoms with E-state index in [-0.39, 0.29) is 5.82 Å². The lowest BCUT2D eigenvalue weighted by Crippen LogP contribution is -2.04. The minimum atomic E-state index is -4.35. The predicted octanol–water partition coefficient (Wildman–Crippen LogP) is 7.60. The van der Waals surface area contributed by atoms with E-state index in [0.717, 1.165) is 39.8 Å². The molecule has 0 aliphatic carbocycles. The van der Waals surface area contributed by atoms with Crippen molar-refractivity contribution in [3.05, 3.63) is 107 Å². The number of hydrogen-bond acceptors (Lipinski definition) is 1. The van der Waals surface area contributed by atoms with Crippen LogP contribution in [-0.4, -0.2) is 7.11 Å². The maximum Gasteiger partial charge on any atom is 0.416 e. The summed E-state index contributed by atoms with van der Waals surface area (Å²) in [6.07, 6.45) is -3.48. The molecule has 0 aromatic heterocycles. The maximum atomic E-state index is 15.1. The topological polar surface area (TPSA) is 9.23 Å². The predicted molar refractivity (Wildman–Crippen MR) is 119 cm³/mol. The fraction of sp³-hybridized carbons (Fsp3) is 0.185. The number of ether oxygens (including phenoxy) is 1. The molecular weight excluding hydrogens is 416 g/mol. The van der Waals surface area contributed by atoms with Crippen molar-refractivity contribution in [3.63, 3.8) is 0 Å². The quantitative estimate of drug-likeness (QED) is 0.282. The van der Waals surface area contributed by atoms with Crippen molar-refractivity contribution in [2.75, 3.05) is 7.11 Å². The molecule has 0 atom stereocenters. The highest BCUT2D eigenvalue weighted by Gasteiger charge is 2.29.